The summed E-state index contributed by atoms with van der Waals surface area (Å²) in [6.45, 7) is 7.16. The van der Waals surface area contributed by atoms with Crippen LogP contribution in [-0.4, -0.2) is 18.5 Å². The van der Waals surface area contributed by atoms with Crippen LogP contribution in [0.4, 0.5) is 0 Å². The van der Waals surface area contributed by atoms with E-state index < -0.39 is 0 Å². The van der Waals surface area contributed by atoms with Crippen LogP contribution in [0.15, 0.2) is 0 Å². The minimum Gasteiger partial charge on any atom is -0.356 e. The number of nitrogens with two attached hydrogens (primary N) is 1. The van der Waals surface area contributed by atoms with Crippen LogP contribution >= 0.6 is 0 Å². The van der Waals surface area contributed by atoms with Gasteiger partial charge < -0.3 is 11.1 Å². The van der Waals surface area contributed by atoms with Gasteiger partial charge in [-0.05, 0) is 25.2 Å². The van der Waals surface area contributed by atoms with Crippen molar-refractivity contribution in [3.8, 4) is 0 Å². The lowest BCUT2D eigenvalue weighted by Crippen LogP contribution is -2.31. The van der Waals surface area contributed by atoms with E-state index >= 15 is 0 Å². The van der Waals surface area contributed by atoms with Crippen molar-refractivity contribution < 1.29 is 4.79 Å². The monoisotopic (exact) mass is 200 g/mol. The lowest BCUT2D eigenvalue weighted by atomic mass is 10.1. The molecule has 0 aromatic carbocycles. The molecule has 0 aromatic rings. The Morgan fingerprint density at radius 3 is 2.57 bits per heavy atom. The number of hydrogen-bond acceptors (Lipinski definition) is 2. The van der Waals surface area contributed by atoms with Crippen LogP contribution in [0.3, 0.4) is 0 Å². The first-order valence-electron chi connectivity index (χ1n) is 5.58. The van der Waals surface area contributed by atoms with Gasteiger partial charge in [-0.1, -0.05) is 20.8 Å². The fraction of sp³-hybridized carbons (Fsp3) is 0.909. The lowest BCUT2D eigenvalue weighted by molar-refractivity contribution is -0.121. The van der Waals surface area contributed by atoms with Gasteiger partial charge in [-0.25, -0.2) is 0 Å². The van der Waals surface area contributed by atoms with Gasteiger partial charge in [0.15, 0.2) is 0 Å². The van der Waals surface area contributed by atoms with Crippen molar-refractivity contribution in [1.82, 2.24) is 5.32 Å². The molecule has 0 aliphatic heterocycles. The van der Waals surface area contributed by atoms with Crippen LogP contribution in [0.5, 0.6) is 0 Å². The van der Waals surface area contributed by atoms with E-state index in [0.717, 1.165) is 19.4 Å². The number of carbonyl (C=O) groups is 1. The van der Waals surface area contributed by atoms with Gasteiger partial charge in [-0.15, -0.1) is 0 Å². The standard InChI is InChI=1S/C11H24N2O/c1-4-10(12)8-11(14)13-7-5-6-9(2)3/h9-10H,4-8,12H2,1-3H3,(H,13,14). The maximum atomic E-state index is 11.3. The predicted octanol–water partition coefficient (Wildman–Crippen LogP) is 1.67. The van der Waals surface area contributed by atoms with Gasteiger partial charge in [0, 0.05) is 19.0 Å². The molecule has 0 spiro atoms. The van der Waals surface area contributed by atoms with Crippen molar-refractivity contribution in [2.24, 2.45) is 11.7 Å². The van der Waals surface area contributed by atoms with Crippen molar-refractivity contribution in [2.75, 3.05) is 6.54 Å². The van der Waals surface area contributed by atoms with Crippen LogP contribution in [0.25, 0.3) is 0 Å². The minimum atomic E-state index is 0.0140. The zero-order valence-electron chi connectivity index (χ0n) is 9.68. The third-order valence-corrected chi connectivity index (χ3v) is 2.25. The summed E-state index contributed by atoms with van der Waals surface area (Å²) in [5.74, 6) is 0.799. The number of nitrogens with one attached hydrogen (secondary N) is 1. The van der Waals surface area contributed by atoms with E-state index in [0.29, 0.717) is 12.3 Å². The highest BCUT2D eigenvalue weighted by molar-refractivity contribution is 5.76. The number of amides is 1. The minimum absolute atomic E-state index is 0.0140. The third-order valence-electron chi connectivity index (χ3n) is 2.25. The molecule has 1 amide bonds. The first kappa shape index (κ1) is 13.4. The van der Waals surface area contributed by atoms with Crippen LogP contribution in [-0.2, 0) is 4.79 Å². The van der Waals surface area contributed by atoms with Crippen molar-refractivity contribution in [1.29, 1.82) is 0 Å². The average molecular weight is 200 g/mol. The van der Waals surface area contributed by atoms with Crippen molar-refractivity contribution in [2.45, 2.75) is 52.5 Å². The average Bonchev–Trinajstić information content (AvgIpc) is 2.12. The summed E-state index contributed by atoms with van der Waals surface area (Å²) in [6, 6.07) is 0.0140. The Morgan fingerprint density at radius 2 is 2.07 bits per heavy atom. The zero-order chi connectivity index (χ0) is 11.0. The summed E-state index contributed by atoms with van der Waals surface area (Å²) in [6.07, 6.45) is 3.54. The second-order valence-corrected chi connectivity index (χ2v) is 4.26. The molecule has 0 saturated carbocycles. The van der Waals surface area contributed by atoms with E-state index in [-0.39, 0.29) is 11.9 Å². The van der Waals surface area contributed by atoms with Crippen molar-refractivity contribution >= 4 is 5.91 Å². The quantitative estimate of drug-likeness (QED) is 0.614. The second-order valence-electron chi connectivity index (χ2n) is 4.26. The van der Waals surface area contributed by atoms with E-state index in [1.807, 2.05) is 6.92 Å². The fourth-order valence-electron chi connectivity index (χ4n) is 1.19. The van der Waals surface area contributed by atoms with Gasteiger partial charge >= 0.3 is 0 Å². The smallest absolute Gasteiger partial charge is 0.221 e. The van der Waals surface area contributed by atoms with Crippen LogP contribution in [0.1, 0.15) is 46.5 Å². The molecule has 0 saturated heterocycles. The summed E-state index contributed by atoms with van der Waals surface area (Å²) >= 11 is 0. The number of hydrogen-bond donors (Lipinski definition) is 2. The van der Waals surface area contributed by atoms with Gasteiger partial charge in [0.1, 0.15) is 0 Å². The zero-order valence-corrected chi connectivity index (χ0v) is 9.68. The molecule has 0 radical (unpaired) electrons. The molecule has 84 valence electrons. The van der Waals surface area contributed by atoms with Crippen LogP contribution in [0.2, 0.25) is 0 Å². The third kappa shape index (κ3) is 8.05. The molecule has 0 bridgehead atoms. The Kier molecular flexibility index (Phi) is 7.48. The lowest BCUT2D eigenvalue weighted by Gasteiger charge is -2.09. The molecule has 0 aliphatic carbocycles. The largest absolute Gasteiger partial charge is 0.356 e. The first-order valence-corrected chi connectivity index (χ1v) is 5.58. The van der Waals surface area contributed by atoms with Gasteiger partial charge in [0.25, 0.3) is 0 Å². The molecule has 3 N–H and O–H groups in total. The molecule has 0 fully saturated rings. The van der Waals surface area contributed by atoms with E-state index in [9.17, 15) is 4.79 Å². The molecule has 0 aromatic heterocycles. The van der Waals surface area contributed by atoms with Gasteiger partial charge in [0.05, 0.1) is 0 Å². The molecule has 3 nitrogen and oxygen atoms in total. The molecular weight excluding hydrogens is 176 g/mol. The highest BCUT2D eigenvalue weighted by atomic mass is 16.1. The van der Waals surface area contributed by atoms with Gasteiger partial charge in [0.2, 0.25) is 5.91 Å². The molecule has 1 atom stereocenters. The Bertz CT molecular complexity index is 157. The SMILES string of the molecule is CCC(N)CC(=O)NCCCC(C)C. The Hall–Kier alpha value is -0.570. The maximum absolute atomic E-state index is 11.3. The first-order chi connectivity index (χ1) is 6.56. The van der Waals surface area contributed by atoms with Gasteiger partial charge in [-0.2, -0.15) is 0 Å². The van der Waals surface area contributed by atoms with Crippen LogP contribution < -0.4 is 11.1 Å². The molecule has 14 heavy (non-hydrogen) atoms. The Morgan fingerprint density at radius 1 is 1.43 bits per heavy atom. The molecule has 1 unspecified atom stereocenters. The Balaban J connectivity index is 3.36. The molecule has 0 rings (SSSR count). The van der Waals surface area contributed by atoms with Gasteiger partial charge in [-0.3, -0.25) is 4.79 Å². The summed E-state index contributed by atoms with van der Waals surface area (Å²) in [5, 5.41) is 2.88. The van der Waals surface area contributed by atoms with Crippen molar-refractivity contribution in [3.05, 3.63) is 0 Å². The molecule has 3 heteroatoms. The predicted molar refractivity (Wildman–Crippen MR) is 60.0 cm³/mol. The number of carbonyl (C=O) groups excluding carboxylic acids is 1. The Labute approximate surface area is 87.4 Å². The van der Waals surface area contributed by atoms with Crippen LogP contribution in [0, 0.1) is 5.92 Å². The fourth-order valence-corrected chi connectivity index (χ4v) is 1.19. The summed E-state index contributed by atoms with van der Waals surface area (Å²) in [4.78, 5) is 11.3. The highest BCUT2D eigenvalue weighted by Gasteiger charge is 2.06. The van der Waals surface area contributed by atoms with E-state index in [2.05, 4.69) is 19.2 Å². The molecular formula is C11H24N2O. The topological polar surface area (TPSA) is 55.1 Å². The van der Waals surface area contributed by atoms with Crippen molar-refractivity contribution in [3.63, 3.8) is 0 Å². The molecule has 0 aliphatic rings. The van der Waals surface area contributed by atoms with E-state index in [1.165, 1.54) is 6.42 Å². The molecule has 0 heterocycles. The number of rotatable bonds is 7. The second kappa shape index (κ2) is 7.80. The normalized spacial score (nSPS) is 12.9. The van der Waals surface area contributed by atoms with E-state index in [1.54, 1.807) is 0 Å². The summed E-state index contributed by atoms with van der Waals surface area (Å²) in [5.41, 5.74) is 5.67. The van der Waals surface area contributed by atoms with E-state index in [4.69, 9.17) is 5.73 Å². The summed E-state index contributed by atoms with van der Waals surface area (Å²) in [7, 11) is 0. The maximum Gasteiger partial charge on any atom is 0.221 e. The summed E-state index contributed by atoms with van der Waals surface area (Å²) < 4.78 is 0. The highest BCUT2D eigenvalue weighted by Crippen LogP contribution is 2.02.